The molecule has 2 heterocycles. The molecule has 9 nitrogen and oxygen atoms in total. The van der Waals surface area contributed by atoms with Gasteiger partial charge in [0.2, 0.25) is 5.79 Å². The Hall–Kier alpha value is -3.56. The summed E-state index contributed by atoms with van der Waals surface area (Å²) in [5, 5.41) is 2.39. The Morgan fingerprint density at radius 3 is 2.43 bits per heavy atom. The lowest BCUT2D eigenvalue weighted by molar-refractivity contribution is -0.220. The number of aromatic amines is 1. The number of carbonyl (C=O) groups excluding carboxylic acids is 1. The van der Waals surface area contributed by atoms with Gasteiger partial charge < -0.3 is 19.2 Å². The molecule has 0 aliphatic carbocycles. The molecule has 0 radical (unpaired) electrons. The van der Waals surface area contributed by atoms with Crippen molar-refractivity contribution in [3.63, 3.8) is 0 Å². The molecular weight excluding hydrogens is 388 g/mol. The van der Waals surface area contributed by atoms with Crippen LogP contribution in [0.1, 0.15) is 17.0 Å². The average molecular weight is 410 g/mol. The summed E-state index contributed by atoms with van der Waals surface area (Å²) in [6.45, 7) is 0.0810. The molecule has 0 atom stereocenters. The number of rotatable bonds is 8. The molecule has 3 rings (SSSR count). The SMILES string of the molecule is COC(Cc1cccnc1)(OC)c1ncc(NC(=O)OCc2ccccc2)c(=O)[nH]1. The maximum atomic E-state index is 12.5. The van der Waals surface area contributed by atoms with Crippen molar-refractivity contribution in [2.45, 2.75) is 18.8 Å². The first-order valence-electron chi connectivity index (χ1n) is 9.13. The first-order valence-corrected chi connectivity index (χ1v) is 9.13. The highest BCUT2D eigenvalue weighted by Crippen LogP contribution is 2.27. The van der Waals surface area contributed by atoms with Crippen molar-refractivity contribution in [1.82, 2.24) is 15.0 Å². The zero-order valence-electron chi connectivity index (χ0n) is 16.6. The van der Waals surface area contributed by atoms with Crippen LogP contribution < -0.4 is 10.9 Å². The minimum absolute atomic E-state index is 0.0562. The third-order valence-electron chi connectivity index (χ3n) is 4.43. The van der Waals surface area contributed by atoms with Crippen LogP contribution in [0.25, 0.3) is 0 Å². The highest BCUT2D eigenvalue weighted by Gasteiger charge is 2.36. The van der Waals surface area contributed by atoms with Crippen LogP contribution in [0.4, 0.5) is 10.5 Å². The molecular formula is C21H22N4O5. The summed E-state index contributed by atoms with van der Waals surface area (Å²) >= 11 is 0. The number of hydrogen-bond acceptors (Lipinski definition) is 7. The molecule has 0 saturated carbocycles. The quantitative estimate of drug-likeness (QED) is 0.549. The molecule has 2 aromatic heterocycles. The van der Waals surface area contributed by atoms with Gasteiger partial charge in [-0.2, -0.15) is 0 Å². The van der Waals surface area contributed by atoms with Crippen molar-refractivity contribution < 1.29 is 19.0 Å². The Morgan fingerprint density at radius 1 is 1.07 bits per heavy atom. The van der Waals surface area contributed by atoms with Gasteiger partial charge in [0.25, 0.3) is 5.56 Å². The van der Waals surface area contributed by atoms with Crippen molar-refractivity contribution in [2.24, 2.45) is 0 Å². The number of nitrogens with zero attached hydrogens (tertiary/aromatic N) is 2. The number of nitrogens with one attached hydrogen (secondary N) is 2. The van der Waals surface area contributed by atoms with Crippen molar-refractivity contribution >= 4 is 11.8 Å². The van der Waals surface area contributed by atoms with E-state index >= 15 is 0 Å². The fraction of sp³-hybridized carbons (Fsp3) is 0.238. The van der Waals surface area contributed by atoms with Gasteiger partial charge in [-0.3, -0.25) is 15.1 Å². The summed E-state index contributed by atoms with van der Waals surface area (Å²) in [5.41, 5.74) is 1.03. The largest absolute Gasteiger partial charge is 0.444 e. The second-order valence-corrected chi connectivity index (χ2v) is 6.36. The molecule has 0 fully saturated rings. The molecule has 1 amide bonds. The van der Waals surface area contributed by atoms with E-state index in [1.807, 2.05) is 36.4 Å². The maximum Gasteiger partial charge on any atom is 0.412 e. The molecule has 156 valence electrons. The van der Waals surface area contributed by atoms with Crippen LogP contribution in [0, 0.1) is 0 Å². The maximum absolute atomic E-state index is 12.5. The number of hydrogen-bond donors (Lipinski definition) is 2. The van der Waals surface area contributed by atoms with E-state index in [2.05, 4.69) is 20.3 Å². The molecule has 1 aromatic carbocycles. The number of carbonyl (C=O) groups is 1. The summed E-state index contributed by atoms with van der Waals surface area (Å²) in [5.74, 6) is -1.17. The monoisotopic (exact) mass is 410 g/mol. The molecule has 0 aliphatic heterocycles. The van der Waals surface area contributed by atoms with Crippen LogP contribution in [0.15, 0.2) is 65.8 Å². The van der Waals surface area contributed by atoms with Crippen LogP contribution in [-0.2, 0) is 33.0 Å². The lowest BCUT2D eigenvalue weighted by atomic mass is 10.1. The Kier molecular flexibility index (Phi) is 6.89. The van der Waals surface area contributed by atoms with Crippen molar-refractivity contribution in [2.75, 3.05) is 19.5 Å². The van der Waals surface area contributed by atoms with Gasteiger partial charge in [-0.15, -0.1) is 0 Å². The van der Waals surface area contributed by atoms with E-state index in [1.165, 1.54) is 20.4 Å². The Balaban J connectivity index is 1.72. The Bertz CT molecular complexity index is 1020. The highest BCUT2D eigenvalue weighted by atomic mass is 16.7. The van der Waals surface area contributed by atoms with Gasteiger partial charge in [0, 0.05) is 33.0 Å². The molecule has 0 aliphatic rings. The lowest BCUT2D eigenvalue weighted by Crippen LogP contribution is -2.37. The Labute approximate surface area is 173 Å². The van der Waals surface area contributed by atoms with Gasteiger partial charge in [-0.25, -0.2) is 9.78 Å². The number of pyridine rings is 1. The molecule has 0 spiro atoms. The van der Waals surface area contributed by atoms with Gasteiger partial charge in [0.1, 0.15) is 12.3 Å². The number of benzene rings is 1. The fourth-order valence-corrected chi connectivity index (χ4v) is 2.82. The molecule has 0 saturated heterocycles. The summed E-state index contributed by atoms with van der Waals surface area (Å²) in [6.07, 6.45) is 4.06. The van der Waals surface area contributed by atoms with E-state index in [1.54, 1.807) is 18.5 Å². The molecule has 0 bridgehead atoms. The van der Waals surface area contributed by atoms with E-state index in [4.69, 9.17) is 14.2 Å². The fourth-order valence-electron chi connectivity index (χ4n) is 2.82. The van der Waals surface area contributed by atoms with Crippen molar-refractivity contribution in [1.29, 1.82) is 0 Å². The van der Waals surface area contributed by atoms with Crippen LogP contribution in [0.5, 0.6) is 0 Å². The lowest BCUT2D eigenvalue weighted by Gasteiger charge is -2.29. The normalized spacial score (nSPS) is 11.1. The van der Waals surface area contributed by atoms with Crippen LogP contribution in [-0.4, -0.2) is 35.3 Å². The molecule has 0 unspecified atom stereocenters. The minimum Gasteiger partial charge on any atom is -0.444 e. The zero-order valence-corrected chi connectivity index (χ0v) is 16.6. The minimum atomic E-state index is -1.32. The first-order chi connectivity index (χ1) is 14.6. The van der Waals surface area contributed by atoms with Crippen molar-refractivity contribution in [3.05, 3.63) is 88.4 Å². The number of H-pyrrole nitrogens is 1. The third-order valence-corrected chi connectivity index (χ3v) is 4.43. The number of anilines is 1. The topological polar surface area (TPSA) is 115 Å². The summed E-state index contributed by atoms with van der Waals surface area (Å²) in [6, 6.07) is 12.8. The van der Waals surface area contributed by atoms with E-state index < -0.39 is 17.4 Å². The zero-order chi connectivity index (χ0) is 21.4. The van der Waals surface area contributed by atoms with E-state index in [0.717, 1.165) is 11.1 Å². The van der Waals surface area contributed by atoms with E-state index in [0.29, 0.717) is 0 Å². The van der Waals surface area contributed by atoms with Gasteiger partial charge in [-0.1, -0.05) is 36.4 Å². The average Bonchev–Trinajstić information content (AvgIpc) is 2.79. The van der Waals surface area contributed by atoms with Gasteiger partial charge in [0.15, 0.2) is 5.82 Å². The van der Waals surface area contributed by atoms with Gasteiger partial charge >= 0.3 is 6.09 Å². The standard InChI is InChI=1S/C21H22N4O5/c1-28-21(29-2,11-16-9-6-10-22-12-16)19-23-13-17(18(26)25-19)24-20(27)30-14-15-7-4-3-5-8-15/h3-10,12-13H,11,14H2,1-2H3,(H,24,27)(H,23,25,26). The van der Waals surface area contributed by atoms with Crippen LogP contribution in [0.3, 0.4) is 0 Å². The van der Waals surface area contributed by atoms with Crippen LogP contribution >= 0.6 is 0 Å². The smallest absolute Gasteiger partial charge is 0.412 e. The highest BCUT2D eigenvalue weighted by molar-refractivity contribution is 5.83. The van der Waals surface area contributed by atoms with Gasteiger partial charge in [-0.05, 0) is 17.2 Å². The second kappa shape index (κ2) is 9.77. The van der Waals surface area contributed by atoms with Crippen LogP contribution in [0.2, 0.25) is 0 Å². The number of ether oxygens (including phenoxy) is 3. The number of aromatic nitrogens is 3. The van der Waals surface area contributed by atoms with Crippen molar-refractivity contribution in [3.8, 4) is 0 Å². The van der Waals surface area contributed by atoms with E-state index in [9.17, 15) is 9.59 Å². The van der Waals surface area contributed by atoms with E-state index in [-0.39, 0.29) is 24.5 Å². The predicted molar refractivity (Wildman–Crippen MR) is 109 cm³/mol. The summed E-state index contributed by atoms with van der Waals surface area (Å²) < 4.78 is 16.2. The van der Waals surface area contributed by atoms with Gasteiger partial charge in [0.05, 0.1) is 6.20 Å². The molecule has 9 heteroatoms. The third kappa shape index (κ3) is 5.07. The second-order valence-electron chi connectivity index (χ2n) is 6.36. The predicted octanol–water partition coefficient (Wildman–Crippen LogP) is 2.60. The molecule has 3 aromatic rings. The molecule has 30 heavy (non-hydrogen) atoms. The Morgan fingerprint density at radius 2 is 1.80 bits per heavy atom. The summed E-state index contributed by atoms with van der Waals surface area (Å²) in [4.78, 5) is 35.4. The number of amides is 1. The summed E-state index contributed by atoms with van der Waals surface area (Å²) in [7, 11) is 2.90. The first kappa shape index (κ1) is 21.2. The number of methoxy groups -OCH3 is 2. The molecule has 2 N–H and O–H groups in total.